The van der Waals surface area contributed by atoms with Crippen LogP contribution >= 0.6 is 0 Å². The fourth-order valence-corrected chi connectivity index (χ4v) is 20.1. The van der Waals surface area contributed by atoms with E-state index in [9.17, 15) is 0 Å². The minimum atomic E-state index is -2.24. The molecule has 0 spiro atoms. The molecule has 4 heteroatoms. The fourth-order valence-electron chi connectivity index (χ4n) is 4.38. The molecule has 0 amide bonds. The van der Waals surface area contributed by atoms with Gasteiger partial charge in [0.2, 0.25) is 0 Å². The Morgan fingerprint density at radius 2 is 1.43 bits per heavy atom. The van der Waals surface area contributed by atoms with Crippen molar-refractivity contribution in [2.45, 2.75) is 85.1 Å². The second-order valence-corrected chi connectivity index (χ2v) is 21.6. The molecule has 1 aromatic heterocycles. The third-order valence-corrected chi connectivity index (χ3v) is 21.7. The molecule has 0 fully saturated rings. The molecule has 0 atom stereocenters. The van der Waals surface area contributed by atoms with E-state index in [-0.39, 0.29) is 24.0 Å². The van der Waals surface area contributed by atoms with E-state index in [1.54, 1.807) is 16.9 Å². The zero-order valence-electron chi connectivity index (χ0n) is 18.4. The number of aryl methyl sites for hydroxylation is 2. The second-order valence-electron chi connectivity index (χ2n) is 8.33. The van der Waals surface area contributed by atoms with Gasteiger partial charge >= 0.3 is 172 Å². The zero-order chi connectivity index (χ0) is 19.4. The van der Waals surface area contributed by atoms with Gasteiger partial charge in [-0.15, -0.1) is 0 Å². The summed E-state index contributed by atoms with van der Waals surface area (Å²) in [4.78, 5) is 0. The number of halogens is 1. The second kappa shape index (κ2) is 14.9. The first-order valence-corrected chi connectivity index (χ1v) is 18.7. The zero-order valence-corrected chi connectivity index (χ0v) is 23.4. The summed E-state index contributed by atoms with van der Waals surface area (Å²) >= 11 is -2.24. The molecule has 28 heavy (non-hydrogen) atoms. The predicted octanol–water partition coefficient (Wildman–Crippen LogP) is 2.83. The molecular weight excluding hydrogens is 562 g/mol. The molecule has 0 aliphatic heterocycles. The molecule has 0 saturated heterocycles. The molecule has 0 unspecified atom stereocenters. The molecule has 2 rings (SSSR count). The van der Waals surface area contributed by atoms with Crippen LogP contribution < -0.4 is 32.1 Å². The van der Waals surface area contributed by atoms with E-state index in [0.29, 0.717) is 0 Å². The molecule has 0 bridgehead atoms. The normalized spacial score (nSPS) is 11.4. The Kier molecular flexibility index (Phi) is 13.8. The summed E-state index contributed by atoms with van der Waals surface area (Å²) in [5.74, 6) is 0. The minimum Gasteiger partial charge on any atom is -1.00 e. The van der Waals surface area contributed by atoms with Crippen molar-refractivity contribution in [2.75, 3.05) is 0 Å². The monoisotopic (exact) mass is 604 g/mol. The maximum atomic E-state index is 2.48. The largest absolute Gasteiger partial charge is 1.00 e. The Hall–Kier alpha value is -0.0413. The summed E-state index contributed by atoms with van der Waals surface area (Å²) < 4.78 is 10.9. The number of aromatic nitrogens is 2. The van der Waals surface area contributed by atoms with Crippen molar-refractivity contribution in [1.29, 1.82) is 0 Å². The van der Waals surface area contributed by atoms with Gasteiger partial charge in [0.25, 0.3) is 0 Å². The van der Waals surface area contributed by atoms with Gasteiger partial charge in [0.1, 0.15) is 0 Å². The van der Waals surface area contributed by atoms with Crippen molar-refractivity contribution in [2.24, 2.45) is 7.05 Å². The van der Waals surface area contributed by atoms with Gasteiger partial charge in [0.05, 0.1) is 0 Å². The van der Waals surface area contributed by atoms with Crippen LogP contribution in [0.15, 0.2) is 49.1 Å². The first-order chi connectivity index (χ1) is 13.2. The van der Waals surface area contributed by atoms with Gasteiger partial charge in [-0.2, -0.15) is 0 Å². The summed E-state index contributed by atoms with van der Waals surface area (Å²) in [6.07, 6.45) is 17.7. The Bertz CT molecular complexity index is 619. The Balaban J connectivity index is 0.00000392. The molecule has 0 saturated carbocycles. The van der Waals surface area contributed by atoms with E-state index in [1.807, 2.05) is 0 Å². The Labute approximate surface area is 195 Å². The van der Waals surface area contributed by atoms with Gasteiger partial charge in [0.15, 0.2) is 0 Å². The van der Waals surface area contributed by atoms with E-state index in [4.69, 9.17) is 0 Å². The molecular formula is C24H41IN2Sn. The number of rotatable bonds is 14. The Morgan fingerprint density at radius 1 is 0.821 bits per heavy atom. The summed E-state index contributed by atoms with van der Waals surface area (Å²) in [5.41, 5.74) is 0. The van der Waals surface area contributed by atoms with E-state index >= 15 is 0 Å². The van der Waals surface area contributed by atoms with Crippen LogP contribution in [0.1, 0.15) is 65.2 Å². The van der Waals surface area contributed by atoms with Crippen LogP contribution in [0.5, 0.6) is 0 Å². The minimum absolute atomic E-state index is 0. The van der Waals surface area contributed by atoms with Crippen LogP contribution in [0.3, 0.4) is 0 Å². The number of hydrogen-bond acceptors (Lipinski definition) is 0. The van der Waals surface area contributed by atoms with Crippen molar-refractivity contribution in [3.05, 3.63) is 49.1 Å². The maximum absolute atomic E-state index is 2.48. The molecule has 1 heterocycles. The SMILES string of the molecule is CCC[CH2][Sn]([CH2]CCC)([CH2]CCCCCn1cc[n+](C)c1)[c]1ccccc1.[I-]. The van der Waals surface area contributed by atoms with E-state index in [2.05, 4.69) is 79.1 Å². The predicted molar refractivity (Wildman–Crippen MR) is 120 cm³/mol. The van der Waals surface area contributed by atoms with Crippen LogP contribution in [0.4, 0.5) is 0 Å². The molecule has 0 N–H and O–H groups in total. The van der Waals surface area contributed by atoms with Crippen molar-refractivity contribution in [3.8, 4) is 0 Å². The topological polar surface area (TPSA) is 8.81 Å². The van der Waals surface area contributed by atoms with Crippen molar-refractivity contribution in [3.63, 3.8) is 0 Å². The van der Waals surface area contributed by atoms with E-state index in [1.165, 1.54) is 57.9 Å². The van der Waals surface area contributed by atoms with Crippen LogP contribution in [0.25, 0.3) is 0 Å². The summed E-state index contributed by atoms with van der Waals surface area (Å²) in [6.45, 7) is 5.89. The Morgan fingerprint density at radius 3 is 2.00 bits per heavy atom. The van der Waals surface area contributed by atoms with Gasteiger partial charge in [-0.1, -0.05) is 0 Å². The molecule has 0 aliphatic carbocycles. The van der Waals surface area contributed by atoms with Crippen LogP contribution in [-0.4, -0.2) is 22.9 Å². The standard InChI is InChI=1S/C10H18N2.C6H5.2C4H9.HI.Sn/c1-3-4-5-6-7-12-9-8-11(2)10-12;1-2-4-6-5-3-1;2*1-3-4-2;;/h8-10H,1,3-7H2,2H3;1-5H;2*1,3-4H2,2H3;1H;/q+1;;;;;/p-1. The van der Waals surface area contributed by atoms with Gasteiger partial charge in [0, 0.05) is 0 Å². The van der Waals surface area contributed by atoms with Gasteiger partial charge in [-0.05, 0) is 0 Å². The van der Waals surface area contributed by atoms with Crippen molar-refractivity contribution in [1.82, 2.24) is 4.57 Å². The molecule has 1 aromatic carbocycles. The fraction of sp³-hybridized carbons (Fsp3) is 0.625. The average molecular weight is 603 g/mol. The average Bonchev–Trinajstić information content (AvgIpc) is 3.12. The molecule has 0 radical (unpaired) electrons. The summed E-state index contributed by atoms with van der Waals surface area (Å²) in [6, 6.07) is 11.7. The van der Waals surface area contributed by atoms with Crippen LogP contribution in [0, 0.1) is 0 Å². The van der Waals surface area contributed by atoms with Crippen molar-refractivity contribution >= 4 is 22.0 Å². The first kappa shape index (κ1) is 26.0. The third kappa shape index (κ3) is 8.76. The van der Waals surface area contributed by atoms with Gasteiger partial charge in [-0.3, -0.25) is 0 Å². The molecule has 2 nitrogen and oxygen atoms in total. The third-order valence-electron chi connectivity index (χ3n) is 6.05. The number of hydrogen-bond donors (Lipinski definition) is 0. The number of imidazole rings is 1. The smallest absolute Gasteiger partial charge is 1.00 e. The van der Waals surface area contributed by atoms with E-state index < -0.39 is 18.4 Å². The number of unbranched alkanes of at least 4 members (excludes halogenated alkanes) is 5. The summed E-state index contributed by atoms with van der Waals surface area (Å²) in [7, 11) is 2.10. The van der Waals surface area contributed by atoms with Crippen LogP contribution in [0.2, 0.25) is 13.3 Å². The van der Waals surface area contributed by atoms with Gasteiger partial charge < -0.3 is 24.0 Å². The van der Waals surface area contributed by atoms with E-state index in [0.717, 1.165) is 0 Å². The number of nitrogens with zero attached hydrogens (tertiary/aromatic N) is 2. The molecule has 158 valence electrons. The quantitative estimate of drug-likeness (QED) is 0.136. The summed E-state index contributed by atoms with van der Waals surface area (Å²) in [5, 5.41) is 0. The van der Waals surface area contributed by atoms with Crippen LogP contribution in [-0.2, 0) is 13.6 Å². The molecule has 2 aromatic rings. The van der Waals surface area contributed by atoms with Gasteiger partial charge in [-0.25, -0.2) is 0 Å². The molecule has 0 aliphatic rings. The number of benzene rings is 1. The maximum Gasteiger partial charge on any atom is -1.00 e. The van der Waals surface area contributed by atoms with Crippen molar-refractivity contribution < 1.29 is 28.5 Å². The first-order valence-electron chi connectivity index (χ1n) is 11.3.